The average Bonchev–Trinajstić information content (AvgIpc) is 2.18. The molecule has 3 N–H and O–H groups in total. The number of hydrogen-bond donors (Lipinski definition) is 2. The normalized spacial score (nSPS) is 18.1. The smallest absolute Gasteiger partial charge is 0.246 e. The molecule has 2 rings (SSSR count). The predicted molar refractivity (Wildman–Crippen MR) is 55.5 cm³/mol. The molecule has 1 aliphatic heterocycles. The van der Waals surface area contributed by atoms with Gasteiger partial charge in [-0.15, -0.1) is 0 Å². The van der Waals surface area contributed by atoms with E-state index in [1.54, 1.807) is 0 Å². The number of hydrogen-bond acceptors (Lipinski definition) is 4. The lowest BCUT2D eigenvalue weighted by atomic mass is 10.2. The van der Waals surface area contributed by atoms with Crippen molar-refractivity contribution in [2.75, 3.05) is 18.8 Å². The van der Waals surface area contributed by atoms with Crippen LogP contribution < -0.4 is 5.73 Å². The van der Waals surface area contributed by atoms with Crippen molar-refractivity contribution in [2.45, 2.75) is 11.0 Å². The average molecular weight is 264 g/mol. The van der Waals surface area contributed by atoms with E-state index in [2.05, 4.69) is 0 Å². The quantitative estimate of drug-likeness (QED) is 0.731. The van der Waals surface area contributed by atoms with Crippen LogP contribution in [0.2, 0.25) is 0 Å². The Morgan fingerprint density at radius 3 is 2.41 bits per heavy atom. The van der Waals surface area contributed by atoms with Gasteiger partial charge in [-0.1, -0.05) is 0 Å². The number of halogens is 2. The van der Waals surface area contributed by atoms with E-state index < -0.39 is 38.3 Å². The third kappa shape index (κ3) is 1.99. The summed E-state index contributed by atoms with van der Waals surface area (Å²) < 4.78 is 50.9. The van der Waals surface area contributed by atoms with Gasteiger partial charge in [-0.25, -0.2) is 17.2 Å². The zero-order valence-electron chi connectivity index (χ0n) is 8.60. The monoisotopic (exact) mass is 264 g/mol. The second-order valence-corrected chi connectivity index (χ2v) is 5.69. The van der Waals surface area contributed by atoms with Gasteiger partial charge in [-0.2, -0.15) is 4.31 Å². The Morgan fingerprint density at radius 2 is 1.88 bits per heavy atom. The number of nitrogen functional groups attached to an aromatic ring is 1. The molecule has 1 saturated heterocycles. The fourth-order valence-electron chi connectivity index (χ4n) is 1.49. The van der Waals surface area contributed by atoms with Crippen LogP contribution in [-0.2, 0) is 10.0 Å². The molecule has 1 fully saturated rings. The Bertz CT molecular complexity index is 556. The summed E-state index contributed by atoms with van der Waals surface area (Å²) in [4.78, 5) is -0.678. The van der Waals surface area contributed by atoms with Crippen LogP contribution in [0, 0.1) is 11.6 Å². The summed E-state index contributed by atoms with van der Waals surface area (Å²) in [6, 6.07) is 1.17. The molecule has 1 aromatic rings. The molecule has 0 amide bonds. The van der Waals surface area contributed by atoms with Gasteiger partial charge in [0, 0.05) is 19.2 Å². The van der Waals surface area contributed by atoms with E-state index in [-0.39, 0.29) is 13.1 Å². The first-order chi connectivity index (χ1) is 7.82. The third-order valence-corrected chi connectivity index (χ3v) is 4.34. The molecule has 0 radical (unpaired) electrons. The number of β-amino-alcohol motifs (C(OH)–C–C–N with tert-alkyl or cyclic N) is 1. The maximum absolute atomic E-state index is 13.4. The summed E-state index contributed by atoms with van der Waals surface area (Å²) in [5, 5.41) is 9.01. The molecule has 94 valence electrons. The Balaban J connectivity index is 2.43. The maximum atomic E-state index is 13.4. The second kappa shape index (κ2) is 3.90. The molecule has 17 heavy (non-hydrogen) atoms. The molecular formula is C9H10F2N2O3S. The molecule has 0 aromatic heterocycles. The number of benzene rings is 1. The Labute approximate surface area is 96.5 Å². The lowest BCUT2D eigenvalue weighted by Crippen LogP contribution is -2.53. The number of sulfonamides is 1. The van der Waals surface area contributed by atoms with Crippen molar-refractivity contribution in [1.82, 2.24) is 4.31 Å². The molecule has 1 heterocycles. The lowest BCUT2D eigenvalue weighted by molar-refractivity contribution is 0.0546. The van der Waals surface area contributed by atoms with E-state index in [9.17, 15) is 17.2 Å². The Kier molecular flexibility index (Phi) is 2.80. The van der Waals surface area contributed by atoms with Crippen LogP contribution in [0.4, 0.5) is 14.5 Å². The van der Waals surface area contributed by atoms with Crippen molar-refractivity contribution >= 4 is 15.7 Å². The van der Waals surface area contributed by atoms with Crippen molar-refractivity contribution < 1.29 is 22.3 Å². The van der Waals surface area contributed by atoms with Gasteiger partial charge in [0.15, 0.2) is 0 Å². The van der Waals surface area contributed by atoms with E-state index >= 15 is 0 Å². The second-order valence-electron chi connectivity index (χ2n) is 3.78. The van der Waals surface area contributed by atoms with Crippen LogP contribution in [-0.4, -0.2) is 37.0 Å². The topological polar surface area (TPSA) is 83.6 Å². The summed E-state index contributed by atoms with van der Waals surface area (Å²) >= 11 is 0. The molecule has 1 aromatic carbocycles. The van der Waals surface area contributed by atoms with Gasteiger partial charge in [-0.3, -0.25) is 0 Å². The first-order valence-electron chi connectivity index (χ1n) is 4.75. The largest absolute Gasteiger partial charge is 0.396 e. The van der Waals surface area contributed by atoms with Crippen LogP contribution in [0.1, 0.15) is 0 Å². The molecule has 0 spiro atoms. The van der Waals surface area contributed by atoms with Gasteiger partial charge >= 0.3 is 0 Å². The summed E-state index contributed by atoms with van der Waals surface area (Å²) in [5.41, 5.74) is 4.76. The fraction of sp³-hybridized carbons (Fsp3) is 0.333. The van der Waals surface area contributed by atoms with E-state index in [0.29, 0.717) is 6.07 Å². The lowest BCUT2D eigenvalue weighted by Gasteiger charge is -2.34. The highest BCUT2D eigenvalue weighted by Gasteiger charge is 2.37. The maximum Gasteiger partial charge on any atom is 0.246 e. The van der Waals surface area contributed by atoms with Gasteiger partial charge in [-0.05, 0) is 6.07 Å². The summed E-state index contributed by atoms with van der Waals surface area (Å²) in [6.45, 7) is -0.196. The summed E-state index contributed by atoms with van der Waals surface area (Å²) in [7, 11) is -4.05. The zero-order chi connectivity index (χ0) is 12.8. The number of aliphatic hydroxyl groups is 1. The first kappa shape index (κ1) is 12.2. The van der Waals surface area contributed by atoms with Crippen LogP contribution in [0.5, 0.6) is 0 Å². The Hall–Kier alpha value is -1.25. The van der Waals surface area contributed by atoms with Crippen molar-refractivity contribution in [3.05, 3.63) is 23.8 Å². The molecule has 5 nitrogen and oxygen atoms in total. The number of anilines is 1. The van der Waals surface area contributed by atoms with Crippen LogP contribution in [0.3, 0.4) is 0 Å². The molecule has 0 bridgehead atoms. The minimum Gasteiger partial charge on any atom is -0.396 e. The van der Waals surface area contributed by atoms with E-state index in [1.807, 2.05) is 0 Å². The highest BCUT2D eigenvalue weighted by atomic mass is 32.2. The zero-order valence-corrected chi connectivity index (χ0v) is 9.42. The molecular weight excluding hydrogens is 254 g/mol. The molecule has 0 unspecified atom stereocenters. The molecule has 0 aliphatic carbocycles. The van der Waals surface area contributed by atoms with Gasteiger partial charge in [0.2, 0.25) is 10.0 Å². The first-order valence-corrected chi connectivity index (χ1v) is 6.19. The van der Waals surface area contributed by atoms with Crippen LogP contribution in [0.15, 0.2) is 17.0 Å². The highest BCUT2D eigenvalue weighted by molar-refractivity contribution is 7.89. The standard InChI is InChI=1S/C9H10F2N2O3S/c10-6-1-7(11)9(2-8(6)12)17(15,16)13-3-5(14)4-13/h1-2,5,14H,3-4,12H2. The van der Waals surface area contributed by atoms with Gasteiger partial charge in [0.05, 0.1) is 11.8 Å². The number of rotatable bonds is 2. The highest BCUT2D eigenvalue weighted by Crippen LogP contribution is 2.26. The van der Waals surface area contributed by atoms with Crippen molar-refractivity contribution in [3.63, 3.8) is 0 Å². The van der Waals surface area contributed by atoms with Crippen LogP contribution >= 0.6 is 0 Å². The minimum absolute atomic E-state index is 0.0982. The molecule has 8 heteroatoms. The SMILES string of the molecule is Nc1cc(S(=O)(=O)N2CC(O)C2)c(F)cc1F. The van der Waals surface area contributed by atoms with E-state index in [1.165, 1.54) is 0 Å². The fourth-order valence-corrected chi connectivity index (χ4v) is 3.09. The predicted octanol–water partition coefficient (Wildman–Crippen LogP) is -0.0878. The van der Waals surface area contributed by atoms with E-state index in [4.69, 9.17) is 10.8 Å². The van der Waals surface area contributed by atoms with Crippen molar-refractivity contribution in [2.24, 2.45) is 0 Å². The molecule has 1 aliphatic rings. The molecule has 0 atom stereocenters. The van der Waals surface area contributed by atoms with Gasteiger partial charge < -0.3 is 10.8 Å². The van der Waals surface area contributed by atoms with Crippen molar-refractivity contribution in [3.8, 4) is 0 Å². The summed E-state index contributed by atoms with van der Waals surface area (Å²) in [5.74, 6) is -2.21. The summed E-state index contributed by atoms with van der Waals surface area (Å²) in [6.07, 6.45) is -0.745. The van der Waals surface area contributed by atoms with Gasteiger partial charge in [0.25, 0.3) is 0 Å². The minimum atomic E-state index is -4.05. The number of nitrogens with two attached hydrogens (primary N) is 1. The van der Waals surface area contributed by atoms with Gasteiger partial charge in [0.1, 0.15) is 16.5 Å². The Morgan fingerprint density at radius 1 is 1.29 bits per heavy atom. The van der Waals surface area contributed by atoms with E-state index in [0.717, 1.165) is 10.4 Å². The van der Waals surface area contributed by atoms with Crippen LogP contribution in [0.25, 0.3) is 0 Å². The molecule has 0 saturated carbocycles. The number of aliphatic hydroxyl groups excluding tert-OH is 1. The third-order valence-electron chi connectivity index (χ3n) is 2.50. The number of nitrogens with zero attached hydrogens (tertiary/aromatic N) is 1. The van der Waals surface area contributed by atoms with Crippen molar-refractivity contribution in [1.29, 1.82) is 0 Å².